The predicted molar refractivity (Wildman–Crippen MR) is 119 cm³/mol. The van der Waals surface area contributed by atoms with Gasteiger partial charge in [0.15, 0.2) is 4.90 Å². The number of benzene rings is 2. The van der Waals surface area contributed by atoms with Crippen LogP contribution in [0.2, 0.25) is 0 Å². The van der Waals surface area contributed by atoms with Gasteiger partial charge in [-0.3, -0.25) is 10.1 Å². The van der Waals surface area contributed by atoms with Gasteiger partial charge in [-0.2, -0.15) is 9.29 Å². The van der Waals surface area contributed by atoms with Crippen molar-refractivity contribution in [3.05, 3.63) is 64.5 Å². The smallest absolute Gasteiger partial charge is 0.289 e. The number of nitro benzene ring substituents is 1. The molecule has 2 aromatic carbocycles. The molecule has 1 aliphatic carbocycles. The molecule has 1 aromatic heterocycles. The first-order valence-electron chi connectivity index (χ1n) is 10.6. The molecule has 11 heteroatoms. The fourth-order valence-electron chi connectivity index (χ4n) is 4.04. The third-order valence-electron chi connectivity index (χ3n) is 5.74. The number of hydrogen-bond acceptors (Lipinski definition) is 8. The normalized spacial score (nSPS) is 15.0. The molecule has 10 nitrogen and oxygen atoms in total. The Bertz CT molecular complexity index is 1220. The summed E-state index contributed by atoms with van der Waals surface area (Å²) in [7, 11) is -2.62. The number of aromatic nitrogens is 2. The first kappa shape index (κ1) is 22.9. The van der Waals surface area contributed by atoms with E-state index in [9.17, 15) is 18.5 Å². The molecule has 0 spiro atoms. The van der Waals surface area contributed by atoms with Crippen LogP contribution >= 0.6 is 0 Å². The van der Waals surface area contributed by atoms with Crippen LogP contribution in [-0.2, 0) is 16.6 Å². The van der Waals surface area contributed by atoms with Crippen LogP contribution in [0.4, 0.5) is 5.69 Å². The zero-order valence-corrected chi connectivity index (χ0v) is 18.9. The second kappa shape index (κ2) is 9.67. The van der Waals surface area contributed by atoms with Crippen molar-refractivity contribution in [3.8, 4) is 17.1 Å². The average Bonchev–Trinajstić information content (AvgIpc) is 3.32. The molecule has 174 valence electrons. The van der Waals surface area contributed by atoms with E-state index >= 15 is 0 Å². The number of nitro groups is 1. The summed E-state index contributed by atoms with van der Waals surface area (Å²) in [5.41, 5.74) is 0.235. The number of nitrogens with zero attached hydrogens (tertiary/aromatic N) is 4. The summed E-state index contributed by atoms with van der Waals surface area (Å²) in [6.45, 7) is -0.164. The molecule has 0 amide bonds. The van der Waals surface area contributed by atoms with Gasteiger partial charge in [0.1, 0.15) is 5.75 Å². The Morgan fingerprint density at radius 1 is 1.12 bits per heavy atom. The van der Waals surface area contributed by atoms with Gasteiger partial charge in [-0.25, -0.2) is 8.42 Å². The number of hydrogen-bond donors (Lipinski definition) is 0. The van der Waals surface area contributed by atoms with Crippen LogP contribution in [0.3, 0.4) is 0 Å². The van der Waals surface area contributed by atoms with Crippen molar-refractivity contribution >= 4 is 15.7 Å². The van der Waals surface area contributed by atoms with Crippen LogP contribution < -0.4 is 4.74 Å². The van der Waals surface area contributed by atoms with Gasteiger partial charge in [-0.1, -0.05) is 36.6 Å². The molecule has 3 aromatic rings. The molecule has 0 aliphatic heterocycles. The molecular weight excluding hydrogens is 448 g/mol. The van der Waals surface area contributed by atoms with Crippen molar-refractivity contribution in [2.24, 2.45) is 0 Å². The fourth-order valence-corrected chi connectivity index (χ4v) is 5.84. The number of ether oxygens (including phenoxy) is 1. The Morgan fingerprint density at radius 2 is 1.82 bits per heavy atom. The highest BCUT2D eigenvalue weighted by Gasteiger charge is 2.37. The summed E-state index contributed by atoms with van der Waals surface area (Å²) in [5, 5.41) is 15.5. The van der Waals surface area contributed by atoms with Gasteiger partial charge in [0, 0.05) is 17.7 Å². The minimum Gasteiger partial charge on any atom is -0.497 e. The lowest BCUT2D eigenvalue weighted by molar-refractivity contribution is -0.387. The van der Waals surface area contributed by atoms with E-state index in [2.05, 4.69) is 10.1 Å². The summed E-state index contributed by atoms with van der Waals surface area (Å²) in [4.78, 5) is 14.9. The molecule has 4 rings (SSSR count). The quantitative estimate of drug-likeness (QED) is 0.353. The number of sulfonamides is 1. The van der Waals surface area contributed by atoms with Crippen LogP contribution in [0.5, 0.6) is 5.75 Å². The Balaban J connectivity index is 1.67. The minimum absolute atomic E-state index is 0.119. The zero-order valence-electron chi connectivity index (χ0n) is 18.1. The van der Waals surface area contributed by atoms with Gasteiger partial charge >= 0.3 is 0 Å². The zero-order chi connectivity index (χ0) is 23.4. The number of para-hydroxylation sites is 1. The van der Waals surface area contributed by atoms with E-state index in [1.54, 1.807) is 31.4 Å². The highest BCUT2D eigenvalue weighted by Crippen LogP contribution is 2.33. The largest absolute Gasteiger partial charge is 0.497 e. The van der Waals surface area contributed by atoms with E-state index in [-0.39, 0.29) is 23.4 Å². The highest BCUT2D eigenvalue weighted by molar-refractivity contribution is 7.89. The Kier molecular flexibility index (Phi) is 6.70. The van der Waals surface area contributed by atoms with Gasteiger partial charge in [-0.15, -0.1) is 0 Å². The first-order valence-corrected chi connectivity index (χ1v) is 12.1. The maximum Gasteiger partial charge on any atom is 0.289 e. The summed E-state index contributed by atoms with van der Waals surface area (Å²) in [5.74, 6) is 1.12. The molecule has 0 atom stereocenters. The molecule has 0 saturated heterocycles. The molecule has 33 heavy (non-hydrogen) atoms. The minimum atomic E-state index is -4.19. The molecule has 1 aliphatic rings. The van der Waals surface area contributed by atoms with Crippen molar-refractivity contribution < 1.29 is 22.6 Å². The highest BCUT2D eigenvalue weighted by atomic mass is 32.2. The third-order valence-corrected chi connectivity index (χ3v) is 7.68. The summed E-state index contributed by atoms with van der Waals surface area (Å²) in [6, 6.07) is 12.2. The summed E-state index contributed by atoms with van der Waals surface area (Å²) < 4.78 is 39.1. The molecule has 0 bridgehead atoms. The van der Waals surface area contributed by atoms with Crippen LogP contribution in [0.25, 0.3) is 11.4 Å². The molecule has 1 fully saturated rings. The van der Waals surface area contributed by atoms with Gasteiger partial charge in [0.05, 0.1) is 18.6 Å². The van der Waals surface area contributed by atoms with Gasteiger partial charge in [0.25, 0.3) is 15.7 Å². The number of methoxy groups -OCH3 is 1. The maximum atomic E-state index is 13.6. The topological polar surface area (TPSA) is 129 Å². The van der Waals surface area contributed by atoms with E-state index in [4.69, 9.17) is 9.26 Å². The van der Waals surface area contributed by atoms with Crippen LogP contribution in [0.15, 0.2) is 57.9 Å². The average molecular weight is 473 g/mol. The Hall–Kier alpha value is -3.31. The lowest BCUT2D eigenvalue weighted by atomic mass is 9.95. The van der Waals surface area contributed by atoms with Crippen LogP contribution in [0, 0.1) is 10.1 Å². The van der Waals surface area contributed by atoms with E-state index < -0.39 is 20.6 Å². The van der Waals surface area contributed by atoms with Crippen molar-refractivity contribution in [3.63, 3.8) is 0 Å². The molecule has 0 N–H and O–H groups in total. The molecule has 1 heterocycles. The van der Waals surface area contributed by atoms with Gasteiger partial charge < -0.3 is 9.26 Å². The van der Waals surface area contributed by atoms with Gasteiger partial charge in [0.2, 0.25) is 11.7 Å². The van der Waals surface area contributed by atoms with Crippen molar-refractivity contribution in [2.45, 2.75) is 49.6 Å². The Labute approximate surface area is 191 Å². The summed E-state index contributed by atoms with van der Waals surface area (Å²) >= 11 is 0. The van der Waals surface area contributed by atoms with Crippen LogP contribution in [-0.4, -0.2) is 40.9 Å². The Morgan fingerprint density at radius 3 is 2.48 bits per heavy atom. The first-order chi connectivity index (χ1) is 15.9. The van der Waals surface area contributed by atoms with E-state index in [1.807, 2.05) is 0 Å². The van der Waals surface area contributed by atoms with Crippen molar-refractivity contribution in [1.82, 2.24) is 14.4 Å². The second-order valence-corrected chi connectivity index (χ2v) is 9.67. The molecule has 1 saturated carbocycles. The van der Waals surface area contributed by atoms with E-state index in [0.29, 0.717) is 30.0 Å². The molecule has 0 unspecified atom stereocenters. The van der Waals surface area contributed by atoms with Crippen molar-refractivity contribution in [1.29, 1.82) is 0 Å². The fraction of sp³-hybridized carbons (Fsp3) is 0.364. The monoisotopic (exact) mass is 472 g/mol. The maximum absolute atomic E-state index is 13.6. The SMILES string of the molecule is COc1ccc(-c2noc(CN(C3CCCCC3)S(=O)(=O)c3ccccc3[N+](=O)[O-])n2)cc1. The lowest BCUT2D eigenvalue weighted by Gasteiger charge is -2.32. The van der Waals surface area contributed by atoms with Crippen LogP contribution in [0.1, 0.15) is 38.0 Å². The standard InChI is InChI=1S/C22H24N4O6S/c1-31-18-13-11-16(12-14-18)22-23-21(32-24-22)15-25(17-7-3-2-4-8-17)33(29,30)20-10-6-5-9-19(20)26(27)28/h5-6,9-14,17H,2-4,7-8,15H2,1H3. The lowest BCUT2D eigenvalue weighted by Crippen LogP contribution is -2.41. The van der Waals surface area contributed by atoms with Gasteiger partial charge in [-0.05, 0) is 43.2 Å². The van der Waals surface area contributed by atoms with E-state index in [0.717, 1.165) is 19.3 Å². The summed E-state index contributed by atoms with van der Waals surface area (Å²) in [6.07, 6.45) is 4.12. The van der Waals surface area contributed by atoms with E-state index in [1.165, 1.54) is 28.6 Å². The molecule has 0 radical (unpaired) electrons. The molecular formula is C22H24N4O6S. The predicted octanol–water partition coefficient (Wildman–Crippen LogP) is 4.18. The number of rotatable bonds is 8. The van der Waals surface area contributed by atoms with Crippen molar-refractivity contribution in [2.75, 3.05) is 7.11 Å². The second-order valence-electron chi connectivity index (χ2n) is 7.81. The third kappa shape index (κ3) is 4.88.